The summed E-state index contributed by atoms with van der Waals surface area (Å²) in [7, 11) is 0. The van der Waals surface area contributed by atoms with Crippen molar-refractivity contribution in [2.45, 2.75) is 33.1 Å². The zero-order valence-corrected chi connectivity index (χ0v) is 14.7. The van der Waals surface area contributed by atoms with Crippen molar-refractivity contribution >= 4 is 21.9 Å². The Labute approximate surface area is 142 Å². The standard InChI is InChI=1S/C21H16O.C2H6/c1-21(2)16-9-5-3-8-15(16)19-17(21)12-11-14-13-7-4-6-10-18(13)22-20(14)19;1-2/h3-12H,1-2H3;1-2H3. The van der Waals surface area contributed by atoms with Gasteiger partial charge < -0.3 is 4.42 Å². The third kappa shape index (κ3) is 1.81. The van der Waals surface area contributed by atoms with Crippen molar-refractivity contribution in [2.75, 3.05) is 0 Å². The molecule has 5 rings (SSSR count). The first-order valence-electron chi connectivity index (χ1n) is 8.72. The van der Waals surface area contributed by atoms with Gasteiger partial charge in [-0.05, 0) is 22.8 Å². The van der Waals surface area contributed by atoms with Crippen molar-refractivity contribution < 1.29 is 4.42 Å². The summed E-state index contributed by atoms with van der Waals surface area (Å²) in [6.07, 6.45) is 0. The second kappa shape index (κ2) is 5.24. The van der Waals surface area contributed by atoms with E-state index in [1.54, 1.807) is 0 Å². The maximum Gasteiger partial charge on any atom is 0.143 e. The van der Waals surface area contributed by atoms with E-state index < -0.39 is 0 Å². The van der Waals surface area contributed by atoms with Crippen LogP contribution in [0.15, 0.2) is 65.1 Å². The van der Waals surface area contributed by atoms with E-state index in [9.17, 15) is 0 Å². The van der Waals surface area contributed by atoms with Gasteiger partial charge in [-0.2, -0.15) is 0 Å². The summed E-state index contributed by atoms with van der Waals surface area (Å²) < 4.78 is 6.25. The number of furan rings is 1. The van der Waals surface area contributed by atoms with Crippen LogP contribution in [0.5, 0.6) is 0 Å². The average molecular weight is 314 g/mol. The quantitative estimate of drug-likeness (QED) is 0.343. The third-order valence-corrected chi connectivity index (χ3v) is 5.09. The van der Waals surface area contributed by atoms with Gasteiger partial charge in [0.05, 0.1) is 0 Å². The Bertz CT molecular complexity index is 1050. The van der Waals surface area contributed by atoms with E-state index >= 15 is 0 Å². The van der Waals surface area contributed by atoms with Gasteiger partial charge in [0.25, 0.3) is 0 Å². The molecule has 0 amide bonds. The fraction of sp³-hybridized carbons (Fsp3) is 0.217. The molecule has 1 aromatic heterocycles. The highest BCUT2D eigenvalue weighted by Crippen LogP contribution is 2.52. The monoisotopic (exact) mass is 314 g/mol. The van der Waals surface area contributed by atoms with E-state index in [0.29, 0.717) is 0 Å². The summed E-state index contributed by atoms with van der Waals surface area (Å²) in [5, 5.41) is 2.41. The lowest BCUT2D eigenvalue weighted by Gasteiger charge is -2.21. The zero-order chi connectivity index (χ0) is 16.9. The van der Waals surface area contributed by atoms with Crippen LogP contribution >= 0.6 is 0 Å². The Hall–Kier alpha value is -2.54. The molecule has 1 aliphatic carbocycles. The molecule has 120 valence electrons. The van der Waals surface area contributed by atoms with E-state index in [0.717, 1.165) is 11.2 Å². The maximum atomic E-state index is 6.25. The van der Waals surface area contributed by atoms with Crippen LogP contribution in [0.1, 0.15) is 38.8 Å². The van der Waals surface area contributed by atoms with Gasteiger partial charge in [-0.25, -0.2) is 0 Å². The molecule has 0 bridgehead atoms. The van der Waals surface area contributed by atoms with Gasteiger partial charge in [0, 0.05) is 21.8 Å². The second-order valence-corrected chi connectivity index (χ2v) is 6.63. The molecule has 0 radical (unpaired) electrons. The van der Waals surface area contributed by atoms with Crippen molar-refractivity contribution in [3.05, 3.63) is 71.8 Å². The number of para-hydroxylation sites is 1. The molecule has 1 nitrogen and oxygen atoms in total. The fourth-order valence-corrected chi connectivity index (χ4v) is 3.97. The van der Waals surface area contributed by atoms with Crippen molar-refractivity contribution in [3.8, 4) is 11.1 Å². The van der Waals surface area contributed by atoms with Crippen molar-refractivity contribution in [1.29, 1.82) is 0 Å². The molecule has 1 heterocycles. The lowest BCUT2D eigenvalue weighted by atomic mass is 9.82. The van der Waals surface area contributed by atoms with Crippen LogP contribution in [0.4, 0.5) is 0 Å². The number of hydrogen-bond donors (Lipinski definition) is 0. The van der Waals surface area contributed by atoms with Gasteiger partial charge in [-0.15, -0.1) is 0 Å². The summed E-state index contributed by atoms with van der Waals surface area (Å²) >= 11 is 0. The number of fused-ring (bicyclic) bond motifs is 7. The van der Waals surface area contributed by atoms with Crippen LogP contribution in [0, 0.1) is 0 Å². The molecule has 0 spiro atoms. The maximum absolute atomic E-state index is 6.25. The summed E-state index contributed by atoms with van der Waals surface area (Å²) in [5.74, 6) is 0. The molecule has 0 saturated heterocycles. The van der Waals surface area contributed by atoms with Crippen LogP contribution in [-0.4, -0.2) is 0 Å². The molecule has 0 N–H and O–H groups in total. The topological polar surface area (TPSA) is 13.1 Å². The Morgan fingerprint density at radius 3 is 2.25 bits per heavy atom. The van der Waals surface area contributed by atoms with Crippen molar-refractivity contribution in [2.24, 2.45) is 0 Å². The first kappa shape index (κ1) is 15.0. The van der Waals surface area contributed by atoms with E-state index in [1.807, 2.05) is 26.0 Å². The summed E-state index contributed by atoms with van der Waals surface area (Å²) in [5.41, 5.74) is 7.35. The zero-order valence-electron chi connectivity index (χ0n) is 14.7. The predicted molar refractivity (Wildman–Crippen MR) is 103 cm³/mol. The van der Waals surface area contributed by atoms with Crippen LogP contribution < -0.4 is 0 Å². The van der Waals surface area contributed by atoms with Gasteiger partial charge in [0.1, 0.15) is 11.2 Å². The highest BCUT2D eigenvalue weighted by Gasteiger charge is 2.37. The molecule has 1 aliphatic rings. The lowest BCUT2D eigenvalue weighted by Crippen LogP contribution is -2.14. The molecule has 0 saturated carbocycles. The minimum atomic E-state index is 0.0269. The average Bonchev–Trinajstić information content (AvgIpc) is 3.11. The van der Waals surface area contributed by atoms with Crippen molar-refractivity contribution in [1.82, 2.24) is 0 Å². The Morgan fingerprint density at radius 1 is 0.708 bits per heavy atom. The second-order valence-electron chi connectivity index (χ2n) is 6.63. The van der Waals surface area contributed by atoms with E-state index in [-0.39, 0.29) is 5.41 Å². The summed E-state index contributed by atoms with van der Waals surface area (Å²) in [6.45, 7) is 8.60. The fourth-order valence-electron chi connectivity index (χ4n) is 3.97. The molecule has 0 unspecified atom stereocenters. The first-order valence-corrected chi connectivity index (χ1v) is 8.72. The van der Waals surface area contributed by atoms with Gasteiger partial charge in [-0.1, -0.05) is 82.3 Å². The minimum absolute atomic E-state index is 0.0269. The lowest BCUT2D eigenvalue weighted by molar-refractivity contribution is 0.653. The van der Waals surface area contributed by atoms with Gasteiger partial charge in [-0.3, -0.25) is 0 Å². The normalized spacial score (nSPS) is 14.2. The van der Waals surface area contributed by atoms with E-state index in [2.05, 4.69) is 62.4 Å². The first-order chi connectivity index (χ1) is 11.7. The Kier molecular flexibility index (Phi) is 3.28. The van der Waals surface area contributed by atoms with Gasteiger partial charge >= 0.3 is 0 Å². The molecule has 24 heavy (non-hydrogen) atoms. The van der Waals surface area contributed by atoms with Crippen LogP contribution in [0.3, 0.4) is 0 Å². The molecule has 3 aromatic carbocycles. The highest BCUT2D eigenvalue weighted by atomic mass is 16.3. The highest BCUT2D eigenvalue weighted by molar-refractivity contribution is 6.11. The third-order valence-electron chi connectivity index (χ3n) is 5.09. The van der Waals surface area contributed by atoms with Crippen LogP contribution in [-0.2, 0) is 5.41 Å². The number of hydrogen-bond acceptors (Lipinski definition) is 1. The SMILES string of the molecule is CC.CC1(C)c2ccccc2-c2c1ccc1c2oc2ccccc21. The van der Waals surface area contributed by atoms with Crippen LogP contribution in [0.25, 0.3) is 33.1 Å². The molecule has 1 heteroatoms. The molecule has 0 aliphatic heterocycles. The van der Waals surface area contributed by atoms with E-state index in [4.69, 9.17) is 4.42 Å². The molecular formula is C23H22O. The largest absolute Gasteiger partial charge is 0.455 e. The summed E-state index contributed by atoms with van der Waals surface area (Å²) in [6, 6.07) is 21.5. The minimum Gasteiger partial charge on any atom is -0.455 e. The molecule has 0 atom stereocenters. The summed E-state index contributed by atoms with van der Waals surface area (Å²) in [4.78, 5) is 0. The van der Waals surface area contributed by atoms with Crippen molar-refractivity contribution in [3.63, 3.8) is 0 Å². The van der Waals surface area contributed by atoms with Gasteiger partial charge in [0.15, 0.2) is 0 Å². The molecule has 4 aromatic rings. The molecule has 0 fully saturated rings. The number of benzene rings is 3. The van der Waals surface area contributed by atoms with E-state index in [1.165, 1.54) is 33.0 Å². The Balaban J connectivity index is 0.000000704. The van der Waals surface area contributed by atoms with Gasteiger partial charge in [0.2, 0.25) is 0 Å². The van der Waals surface area contributed by atoms with Crippen LogP contribution in [0.2, 0.25) is 0 Å². The smallest absolute Gasteiger partial charge is 0.143 e. The Morgan fingerprint density at radius 2 is 1.42 bits per heavy atom. The molecular weight excluding hydrogens is 292 g/mol. The number of rotatable bonds is 0. The predicted octanol–water partition coefficient (Wildman–Crippen LogP) is 6.92.